The molecule has 2 amide bonds. The molecule has 6 nitrogen and oxygen atoms in total. The number of benzene rings is 3. The number of rotatable bonds is 4. The monoisotopic (exact) mass is 412 g/mol. The second-order valence-corrected chi connectivity index (χ2v) is 6.58. The Morgan fingerprint density at radius 2 is 1.62 bits per heavy atom. The van der Waals surface area contributed by atoms with Crippen LogP contribution in [-0.4, -0.2) is 18.6 Å². The van der Waals surface area contributed by atoms with Crippen molar-refractivity contribution in [3.8, 4) is 11.5 Å². The first kappa shape index (κ1) is 18.8. The summed E-state index contributed by atoms with van der Waals surface area (Å²) < 4.78 is 24.5. The number of hydrogen-bond donors (Lipinski definition) is 2. The molecule has 2 N–H and O–H groups in total. The lowest BCUT2D eigenvalue weighted by atomic mass is 10.1. The van der Waals surface area contributed by atoms with Gasteiger partial charge in [0.15, 0.2) is 11.5 Å². The molecule has 1 heterocycles. The van der Waals surface area contributed by atoms with Crippen LogP contribution in [0.3, 0.4) is 0 Å². The van der Waals surface area contributed by atoms with Gasteiger partial charge in [0.1, 0.15) is 5.82 Å². The second-order valence-electron chi connectivity index (χ2n) is 6.15. The standard InChI is InChI=1S/C21H14ClFN2O4/c22-12-5-7-16(23)15(9-12)21(27)25-17-4-2-1-3-14(17)20(26)24-13-6-8-18-19(10-13)29-11-28-18/h1-10H,11H2,(H,24,26)(H,25,27). The summed E-state index contributed by atoms with van der Waals surface area (Å²) in [4.78, 5) is 25.2. The second kappa shape index (κ2) is 7.81. The smallest absolute Gasteiger partial charge is 0.258 e. The first-order valence-corrected chi connectivity index (χ1v) is 8.95. The molecule has 1 aliphatic rings. The Labute approximate surface area is 170 Å². The number of carbonyl (C=O) groups excluding carboxylic acids is 2. The Bertz CT molecular complexity index is 1120. The van der Waals surface area contributed by atoms with Crippen LogP contribution in [0.15, 0.2) is 60.7 Å². The summed E-state index contributed by atoms with van der Waals surface area (Å²) >= 11 is 5.85. The van der Waals surface area contributed by atoms with Gasteiger partial charge in [0, 0.05) is 16.8 Å². The van der Waals surface area contributed by atoms with Crippen molar-refractivity contribution >= 4 is 34.8 Å². The van der Waals surface area contributed by atoms with Crippen molar-refractivity contribution in [2.45, 2.75) is 0 Å². The number of para-hydroxylation sites is 1. The van der Waals surface area contributed by atoms with E-state index in [0.717, 1.165) is 6.07 Å². The third-order valence-corrected chi connectivity index (χ3v) is 4.46. The molecule has 0 bridgehead atoms. The van der Waals surface area contributed by atoms with Crippen LogP contribution in [0.4, 0.5) is 15.8 Å². The SMILES string of the molecule is O=C(Nc1ccccc1C(=O)Nc1ccc2c(c1)OCO2)c1cc(Cl)ccc1F. The molecule has 0 saturated carbocycles. The third kappa shape index (κ3) is 4.00. The van der Waals surface area contributed by atoms with Gasteiger partial charge in [0.05, 0.1) is 16.8 Å². The minimum Gasteiger partial charge on any atom is -0.454 e. The molecule has 1 aliphatic heterocycles. The van der Waals surface area contributed by atoms with Gasteiger partial charge < -0.3 is 20.1 Å². The van der Waals surface area contributed by atoms with Crippen LogP contribution in [0.2, 0.25) is 5.02 Å². The summed E-state index contributed by atoms with van der Waals surface area (Å²) in [5.74, 6) is -0.756. The van der Waals surface area contributed by atoms with Gasteiger partial charge in [-0.25, -0.2) is 4.39 Å². The number of nitrogens with one attached hydrogen (secondary N) is 2. The van der Waals surface area contributed by atoms with E-state index in [1.807, 2.05) is 0 Å². The average Bonchev–Trinajstić information content (AvgIpc) is 3.18. The van der Waals surface area contributed by atoms with Crippen LogP contribution < -0.4 is 20.1 Å². The molecule has 0 radical (unpaired) electrons. The van der Waals surface area contributed by atoms with Gasteiger partial charge >= 0.3 is 0 Å². The highest BCUT2D eigenvalue weighted by Gasteiger charge is 2.18. The summed E-state index contributed by atoms with van der Waals surface area (Å²) in [6.07, 6.45) is 0. The Morgan fingerprint density at radius 3 is 2.48 bits per heavy atom. The molecule has 0 aliphatic carbocycles. The molecule has 0 saturated heterocycles. The van der Waals surface area contributed by atoms with Gasteiger partial charge in [-0.1, -0.05) is 23.7 Å². The highest BCUT2D eigenvalue weighted by atomic mass is 35.5. The number of hydrogen-bond acceptors (Lipinski definition) is 4. The van der Waals surface area contributed by atoms with Gasteiger partial charge in [-0.3, -0.25) is 9.59 Å². The third-order valence-electron chi connectivity index (χ3n) is 4.22. The first-order valence-electron chi connectivity index (χ1n) is 8.58. The molecule has 8 heteroatoms. The maximum Gasteiger partial charge on any atom is 0.258 e. The molecule has 0 aromatic heterocycles. The number of carbonyl (C=O) groups is 2. The van der Waals surface area contributed by atoms with Crippen molar-refractivity contribution in [1.82, 2.24) is 0 Å². The minimum atomic E-state index is -0.715. The van der Waals surface area contributed by atoms with Crippen LogP contribution in [0, 0.1) is 5.82 Å². The molecule has 146 valence electrons. The number of ether oxygens (including phenoxy) is 2. The zero-order valence-corrected chi connectivity index (χ0v) is 15.6. The zero-order chi connectivity index (χ0) is 20.4. The van der Waals surface area contributed by atoms with E-state index in [2.05, 4.69) is 10.6 Å². The Balaban J connectivity index is 1.55. The Hall–Kier alpha value is -3.58. The normalized spacial score (nSPS) is 11.8. The Kier molecular flexibility index (Phi) is 5.05. The number of amides is 2. The summed E-state index contributed by atoms with van der Waals surface area (Å²) in [5, 5.41) is 5.53. The molecule has 0 fully saturated rings. The summed E-state index contributed by atoms with van der Waals surface area (Å²) in [7, 11) is 0. The van der Waals surface area contributed by atoms with E-state index >= 15 is 0 Å². The lowest BCUT2D eigenvalue weighted by Gasteiger charge is -2.12. The fourth-order valence-electron chi connectivity index (χ4n) is 2.82. The van der Waals surface area contributed by atoms with Crippen molar-refractivity contribution in [2.24, 2.45) is 0 Å². The van der Waals surface area contributed by atoms with Crippen LogP contribution in [0.1, 0.15) is 20.7 Å². The van der Waals surface area contributed by atoms with Gasteiger partial charge in [-0.05, 0) is 42.5 Å². The molecule has 0 spiro atoms. The summed E-state index contributed by atoms with van der Waals surface area (Å²) in [6.45, 7) is 0.127. The summed E-state index contributed by atoms with van der Waals surface area (Å²) in [5.41, 5.74) is 0.723. The quantitative estimate of drug-likeness (QED) is 0.650. The maximum atomic E-state index is 14.0. The molecule has 3 aromatic rings. The van der Waals surface area contributed by atoms with E-state index in [-0.39, 0.29) is 28.6 Å². The van der Waals surface area contributed by atoms with E-state index in [1.165, 1.54) is 12.1 Å². The van der Waals surface area contributed by atoms with Gasteiger partial charge in [0.2, 0.25) is 6.79 Å². The fraction of sp³-hybridized carbons (Fsp3) is 0.0476. The van der Waals surface area contributed by atoms with E-state index in [1.54, 1.807) is 42.5 Å². The van der Waals surface area contributed by atoms with Gasteiger partial charge in [0.25, 0.3) is 11.8 Å². The van der Waals surface area contributed by atoms with Crippen molar-refractivity contribution < 1.29 is 23.5 Å². The Morgan fingerprint density at radius 1 is 0.862 bits per heavy atom. The lowest BCUT2D eigenvalue weighted by molar-refractivity contribution is 0.102. The molecular formula is C21H14ClFN2O4. The van der Waals surface area contributed by atoms with E-state index < -0.39 is 17.6 Å². The molecule has 0 unspecified atom stereocenters. The van der Waals surface area contributed by atoms with Crippen LogP contribution in [0.5, 0.6) is 11.5 Å². The van der Waals surface area contributed by atoms with Crippen LogP contribution >= 0.6 is 11.6 Å². The molecule has 29 heavy (non-hydrogen) atoms. The zero-order valence-electron chi connectivity index (χ0n) is 14.9. The highest BCUT2D eigenvalue weighted by Crippen LogP contribution is 2.34. The summed E-state index contributed by atoms with van der Waals surface area (Å²) in [6, 6.07) is 15.1. The predicted molar refractivity (Wildman–Crippen MR) is 106 cm³/mol. The predicted octanol–water partition coefficient (Wildman–Crippen LogP) is 4.71. The molecule has 3 aromatic carbocycles. The van der Waals surface area contributed by atoms with Crippen molar-refractivity contribution in [2.75, 3.05) is 17.4 Å². The van der Waals surface area contributed by atoms with Crippen LogP contribution in [0.25, 0.3) is 0 Å². The van der Waals surface area contributed by atoms with E-state index in [9.17, 15) is 14.0 Å². The topological polar surface area (TPSA) is 76.7 Å². The lowest BCUT2D eigenvalue weighted by Crippen LogP contribution is -2.19. The number of anilines is 2. The maximum absolute atomic E-state index is 14.0. The largest absolute Gasteiger partial charge is 0.454 e. The average molecular weight is 413 g/mol. The highest BCUT2D eigenvalue weighted by molar-refractivity contribution is 6.31. The van der Waals surface area contributed by atoms with Gasteiger partial charge in [-0.2, -0.15) is 0 Å². The van der Waals surface area contributed by atoms with Gasteiger partial charge in [-0.15, -0.1) is 0 Å². The number of fused-ring (bicyclic) bond motifs is 1. The van der Waals surface area contributed by atoms with Crippen molar-refractivity contribution in [3.63, 3.8) is 0 Å². The fourth-order valence-corrected chi connectivity index (χ4v) is 3.00. The van der Waals surface area contributed by atoms with Crippen molar-refractivity contribution in [3.05, 3.63) is 82.6 Å². The number of halogens is 2. The van der Waals surface area contributed by atoms with E-state index in [0.29, 0.717) is 17.2 Å². The van der Waals surface area contributed by atoms with Crippen molar-refractivity contribution in [1.29, 1.82) is 0 Å². The molecular weight excluding hydrogens is 399 g/mol. The first-order chi connectivity index (χ1) is 14.0. The minimum absolute atomic E-state index is 0.127. The molecule has 0 atom stereocenters. The van der Waals surface area contributed by atoms with E-state index in [4.69, 9.17) is 21.1 Å². The van der Waals surface area contributed by atoms with Crippen LogP contribution in [-0.2, 0) is 0 Å². The molecule has 4 rings (SSSR count).